The molecule has 0 heterocycles. The van der Waals surface area contributed by atoms with Crippen LogP contribution >= 0.6 is 0 Å². The molecule has 0 saturated heterocycles. The first-order valence-corrected chi connectivity index (χ1v) is 6.38. The minimum Gasteiger partial charge on any atom is -0.255 e. The maximum Gasteiger partial charge on any atom is 0.0785 e. The first-order chi connectivity index (χ1) is 7.00. The lowest BCUT2D eigenvalue weighted by molar-refractivity contribution is 0.636. The molecule has 0 aromatic rings. The Balaban J connectivity index is -0.00000000817. The Morgan fingerprint density at radius 3 is 0.286 bits per heavy atom. The Kier molecular flexibility index (Phi) is 1300000. The molecule has 0 aliphatic heterocycles. The van der Waals surface area contributed by atoms with Crippen molar-refractivity contribution in [1.29, 1.82) is 0 Å². The summed E-state index contributed by atoms with van der Waals surface area (Å²) in [5.41, 5.74) is 0. The molecule has 0 spiro atoms. The smallest absolute Gasteiger partial charge is 0.0785 e. The highest BCUT2D eigenvalue weighted by atomic mass is 19.1. The second-order valence-electron chi connectivity index (χ2n) is 0. The van der Waals surface area contributed by atoms with Crippen LogP contribution < -0.4 is 0 Å². The third kappa shape index (κ3) is 291000. The lowest BCUT2D eigenvalue weighted by atomic mass is 11.0. The molecule has 14 heavy (non-hydrogen) atoms. The number of hydrogen-bond acceptors (Lipinski definition) is 0. The van der Waals surface area contributed by atoms with Gasteiger partial charge in [0.1, 0.15) is 0 Å². The summed E-state index contributed by atoms with van der Waals surface area (Å²) in [6.07, 6.45) is 0. The van der Waals surface area contributed by atoms with Crippen LogP contribution in [-0.2, 0) is 0 Å². The fraction of sp³-hybridized carbons (Fsp3) is 1.00. The molecule has 98 valence electrons. The summed E-state index contributed by atoms with van der Waals surface area (Å²) in [5, 5.41) is 0. The molecule has 0 atom stereocenters. The third-order valence-corrected chi connectivity index (χ3v) is 0. The van der Waals surface area contributed by atoms with E-state index in [4.69, 9.17) is 0 Å². The average molecular weight is 214 g/mol. The maximum atomic E-state index is 9.50. The van der Waals surface area contributed by atoms with Crippen molar-refractivity contribution in [2.45, 2.75) is 83.1 Å². The Morgan fingerprint density at radius 1 is 0.286 bits per heavy atom. The van der Waals surface area contributed by atoms with Gasteiger partial charge < -0.3 is 0 Å². The van der Waals surface area contributed by atoms with Gasteiger partial charge in [0.25, 0.3) is 0 Å². The van der Waals surface area contributed by atoms with Crippen LogP contribution in [0.1, 0.15) is 83.1 Å². The van der Waals surface area contributed by atoms with Crippen LogP contribution in [0.2, 0.25) is 0 Å². The van der Waals surface area contributed by atoms with Gasteiger partial charge in [0, 0.05) is 0 Å². The number of rotatable bonds is 0. The summed E-state index contributed by atoms with van der Waals surface area (Å²) in [6.45, 7) is 24.0. The van der Waals surface area contributed by atoms with Crippen molar-refractivity contribution in [3.8, 4) is 0 Å². The van der Waals surface area contributed by atoms with Gasteiger partial charge in [0.15, 0.2) is 0 Å². The van der Waals surface area contributed by atoms with Crippen LogP contribution in [0.15, 0.2) is 0 Å². The lowest BCUT2D eigenvalue weighted by Crippen LogP contribution is -0.939. The predicted octanol–water partition coefficient (Wildman–Crippen LogP) is 6.74. The summed E-state index contributed by atoms with van der Waals surface area (Å²) < 4.78 is 9.50. The second kappa shape index (κ2) is 376000. The van der Waals surface area contributed by atoms with E-state index < -0.39 is 0 Å². The molecule has 0 aromatic heterocycles. The molecule has 0 amide bonds. The number of hydrogen-bond donors (Lipinski definition) is 0. The molecular weight excluding hydrogens is 175 g/mol. The Bertz CT molecular complexity index is 5.20. The zero-order chi connectivity index (χ0) is 14.0. The molecular formula is C13H39F. The first-order valence-electron chi connectivity index (χ1n) is 6.38. The molecule has 0 aliphatic rings. The van der Waals surface area contributed by atoms with E-state index in [1.165, 1.54) is 0 Å². The Hall–Kier alpha value is -0.0700. The number of alkyl halides is 1. The van der Waals surface area contributed by atoms with Crippen molar-refractivity contribution in [2.75, 3.05) is 7.18 Å². The number of halogens is 1. The fourth-order valence-corrected chi connectivity index (χ4v) is 0. The van der Waals surface area contributed by atoms with Crippen LogP contribution in [0.4, 0.5) is 4.39 Å². The van der Waals surface area contributed by atoms with Crippen LogP contribution in [0.3, 0.4) is 0 Å². The highest BCUT2D eigenvalue weighted by Crippen LogP contribution is 1.16. The fourth-order valence-electron chi connectivity index (χ4n) is 0. The molecule has 0 aliphatic carbocycles. The molecule has 0 unspecified atom stereocenters. The van der Waals surface area contributed by atoms with Gasteiger partial charge in [-0.15, -0.1) is 0 Å². The normalized spacial score (nSPS) is 3.00. The Morgan fingerprint density at radius 2 is 0.286 bits per heavy atom. The van der Waals surface area contributed by atoms with Crippen LogP contribution in [0.5, 0.6) is 0 Å². The molecule has 0 bridgehead atoms. The highest BCUT2D eigenvalue weighted by molar-refractivity contribution is 3.51. The summed E-state index contributed by atoms with van der Waals surface area (Å²) >= 11 is 0. The summed E-state index contributed by atoms with van der Waals surface area (Å²) in [4.78, 5) is 0. The molecule has 0 rings (SSSR count). The van der Waals surface area contributed by atoms with Gasteiger partial charge in [-0.2, -0.15) is 0 Å². The van der Waals surface area contributed by atoms with E-state index in [2.05, 4.69) is 0 Å². The molecule has 0 radical (unpaired) electrons. The summed E-state index contributed by atoms with van der Waals surface area (Å²) in [5.74, 6) is 0. The molecule has 0 nitrogen and oxygen atoms in total. The van der Waals surface area contributed by atoms with Gasteiger partial charge >= 0.3 is 0 Å². The lowest BCUT2D eigenvalue weighted by Gasteiger charge is -1.10. The van der Waals surface area contributed by atoms with Crippen molar-refractivity contribution in [2.24, 2.45) is 0 Å². The quantitative estimate of drug-likeness (QED) is 0.419. The SMILES string of the molecule is CC.CC.CC.CC.CC.CC.CF. The Labute approximate surface area is 95.3 Å². The van der Waals surface area contributed by atoms with Crippen molar-refractivity contribution in [1.82, 2.24) is 0 Å². The summed E-state index contributed by atoms with van der Waals surface area (Å²) in [7, 11) is 0.500. The molecule has 0 aromatic carbocycles. The maximum absolute atomic E-state index is 9.50. The highest BCUT2D eigenvalue weighted by Gasteiger charge is 0.943. The molecule has 1 heteroatoms. The van der Waals surface area contributed by atoms with E-state index >= 15 is 0 Å². The topological polar surface area (TPSA) is 0 Å². The minimum absolute atomic E-state index is 0.500. The van der Waals surface area contributed by atoms with Crippen molar-refractivity contribution in [3.05, 3.63) is 0 Å². The van der Waals surface area contributed by atoms with Crippen LogP contribution in [-0.4, -0.2) is 7.18 Å². The van der Waals surface area contributed by atoms with E-state index in [1.54, 1.807) is 0 Å². The third-order valence-electron chi connectivity index (χ3n) is 0. The largest absolute Gasteiger partial charge is 0.255 e. The summed E-state index contributed by atoms with van der Waals surface area (Å²) in [6, 6.07) is 0. The van der Waals surface area contributed by atoms with E-state index in [0.29, 0.717) is 7.18 Å². The minimum atomic E-state index is 0.500. The van der Waals surface area contributed by atoms with Crippen molar-refractivity contribution >= 4 is 0 Å². The van der Waals surface area contributed by atoms with Crippen molar-refractivity contribution < 1.29 is 4.39 Å². The first kappa shape index (κ1) is 48.5. The molecule has 0 saturated carbocycles. The average Bonchev–Trinajstić information content (AvgIpc) is 2.45. The van der Waals surface area contributed by atoms with Crippen LogP contribution in [0.25, 0.3) is 0 Å². The van der Waals surface area contributed by atoms with Crippen LogP contribution in [0, 0.1) is 0 Å². The van der Waals surface area contributed by atoms with Gasteiger partial charge in [0.05, 0.1) is 7.18 Å². The molecule has 0 fully saturated rings. The van der Waals surface area contributed by atoms with E-state index in [0.717, 1.165) is 0 Å². The monoisotopic (exact) mass is 214 g/mol. The standard InChI is InChI=1S/6C2H6.CH3F/c7*1-2/h6*1-2H3;1H3. The zero-order valence-electron chi connectivity index (χ0n) is 13.4. The predicted molar refractivity (Wildman–Crippen MR) is 75.1 cm³/mol. The van der Waals surface area contributed by atoms with E-state index in [9.17, 15) is 4.39 Å². The van der Waals surface area contributed by atoms with Gasteiger partial charge in [-0.3, -0.25) is 4.39 Å². The van der Waals surface area contributed by atoms with Gasteiger partial charge in [-0.05, 0) is 0 Å². The molecule has 0 N–H and O–H groups in total. The van der Waals surface area contributed by atoms with E-state index in [-0.39, 0.29) is 0 Å². The van der Waals surface area contributed by atoms with Crippen molar-refractivity contribution in [3.63, 3.8) is 0 Å². The van der Waals surface area contributed by atoms with E-state index in [1.807, 2.05) is 83.1 Å². The second-order valence-corrected chi connectivity index (χ2v) is 0. The van der Waals surface area contributed by atoms with Gasteiger partial charge in [-0.1, -0.05) is 83.1 Å². The van der Waals surface area contributed by atoms with Gasteiger partial charge in [0.2, 0.25) is 0 Å². The van der Waals surface area contributed by atoms with Gasteiger partial charge in [-0.25, -0.2) is 0 Å². The zero-order valence-corrected chi connectivity index (χ0v) is 13.4.